The fourth-order valence-electron chi connectivity index (χ4n) is 2.10. The molecule has 0 aromatic carbocycles. The quantitative estimate of drug-likeness (QED) is 0.623. The Morgan fingerprint density at radius 2 is 1.17 bits per heavy atom. The van der Waals surface area contributed by atoms with E-state index in [9.17, 15) is 0 Å². The number of piperidine rings is 1. The van der Waals surface area contributed by atoms with Gasteiger partial charge in [-0.15, -0.1) is 0 Å². The fraction of sp³-hybridized carbons (Fsp3) is 1.00. The van der Waals surface area contributed by atoms with E-state index in [4.69, 9.17) is 0 Å². The number of hydrogen-bond donors (Lipinski definition) is 0. The highest BCUT2D eigenvalue weighted by Crippen LogP contribution is 2.25. The van der Waals surface area contributed by atoms with Crippen molar-refractivity contribution in [2.24, 2.45) is 11.8 Å². The predicted octanol–water partition coefficient (Wildman–Crippen LogP) is 5.60. The van der Waals surface area contributed by atoms with E-state index < -0.39 is 0 Å². The molecule has 0 amide bonds. The smallest absolute Gasteiger partial charge is 0.00385 e. The molecule has 1 aliphatic rings. The van der Waals surface area contributed by atoms with Gasteiger partial charge in [-0.25, -0.2) is 0 Å². The molecule has 1 heterocycles. The molecule has 1 nitrogen and oxygen atoms in total. The fourth-order valence-corrected chi connectivity index (χ4v) is 2.10. The molecule has 0 atom stereocenters. The third kappa shape index (κ3) is 11.1. The van der Waals surface area contributed by atoms with Crippen LogP contribution in [0.5, 0.6) is 0 Å². The molecule has 0 radical (unpaired) electrons. The summed E-state index contributed by atoms with van der Waals surface area (Å²) in [6.45, 7) is 20.5. The Morgan fingerprint density at radius 1 is 0.833 bits per heavy atom. The van der Waals surface area contributed by atoms with E-state index in [-0.39, 0.29) is 0 Å². The Morgan fingerprint density at radius 3 is 1.39 bits per heavy atom. The van der Waals surface area contributed by atoms with Crippen LogP contribution in [0.4, 0.5) is 0 Å². The van der Waals surface area contributed by atoms with E-state index in [1.54, 1.807) is 0 Å². The molecule has 0 aromatic rings. The molecule has 18 heavy (non-hydrogen) atoms. The Bertz CT molecular complexity index is 126. The van der Waals surface area contributed by atoms with Crippen molar-refractivity contribution in [2.45, 2.75) is 87.1 Å². The van der Waals surface area contributed by atoms with Gasteiger partial charge >= 0.3 is 0 Å². The zero-order valence-electron chi connectivity index (χ0n) is 14.4. The van der Waals surface area contributed by atoms with Gasteiger partial charge in [-0.1, -0.05) is 54.4 Å². The van der Waals surface area contributed by atoms with Crippen molar-refractivity contribution in [2.75, 3.05) is 13.1 Å². The molecule has 0 aromatic heterocycles. The Hall–Kier alpha value is -0.0400. The zero-order valence-corrected chi connectivity index (χ0v) is 14.4. The topological polar surface area (TPSA) is 3.24 Å². The highest BCUT2D eigenvalue weighted by atomic mass is 15.1. The van der Waals surface area contributed by atoms with Crippen molar-refractivity contribution in [1.82, 2.24) is 4.90 Å². The van der Waals surface area contributed by atoms with Crippen LogP contribution in [0.3, 0.4) is 0 Å². The van der Waals surface area contributed by atoms with Gasteiger partial charge in [0.15, 0.2) is 0 Å². The lowest BCUT2D eigenvalue weighted by Crippen LogP contribution is -2.39. The second kappa shape index (κ2) is 13.4. The molecule has 112 valence electrons. The molecule has 1 saturated heterocycles. The van der Waals surface area contributed by atoms with Crippen LogP contribution in [0.1, 0.15) is 81.1 Å². The van der Waals surface area contributed by atoms with Crippen molar-refractivity contribution < 1.29 is 0 Å². The summed E-state index contributed by atoms with van der Waals surface area (Å²) >= 11 is 0. The lowest BCUT2D eigenvalue weighted by atomic mass is 9.86. The maximum atomic E-state index is 2.60. The minimum Gasteiger partial charge on any atom is -0.301 e. The summed E-state index contributed by atoms with van der Waals surface area (Å²) in [7, 11) is 0. The lowest BCUT2D eigenvalue weighted by molar-refractivity contribution is 0.129. The van der Waals surface area contributed by atoms with Gasteiger partial charge in [0.25, 0.3) is 0 Å². The first-order valence-corrected chi connectivity index (χ1v) is 8.18. The molecule has 0 saturated carbocycles. The summed E-state index contributed by atoms with van der Waals surface area (Å²) < 4.78 is 0. The molecule has 0 spiro atoms. The monoisotopic (exact) mass is 257 g/mol. The maximum absolute atomic E-state index is 2.60. The molecule has 1 heteroatoms. The van der Waals surface area contributed by atoms with E-state index >= 15 is 0 Å². The van der Waals surface area contributed by atoms with Crippen LogP contribution in [0.15, 0.2) is 0 Å². The van der Waals surface area contributed by atoms with Crippen LogP contribution >= 0.6 is 0 Å². The molecule has 0 aliphatic carbocycles. The molecule has 0 unspecified atom stereocenters. The number of likely N-dealkylation sites (tertiary alicyclic amines) is 1. The maximum Gasteiger partial charge on any atom is 0.00385 e. The second-order valence-corrected chi connectivity index (χ2v) is 6.13. The predicted molar refractivity (Wildman–Crippen MR) is 86.2 cm³/mol. The molecule has 1 rings (SSSR count). The summed E-state index contributed by atoms with van der Waals surface area (Å²) in [4.78, 5) is 2.60. The van der Waals surface area contributed by atoms with Crippen molar-refractivity contribution in [1.29, 1.82) is 0 Å². The first-order chi connectivity index (χ1) is 8.44. The summed E-state index contributed by atoms with van der Waals surface area (Å²) in [5.41, 5.74) is 0. The average molecular weight is 258 g/mol. The van der Waals surface area contributed by atoms with Crippen LogP contribution in [0, 0.1) is 11.8 Å². The minimum absolute atomic E-state index is 0.748. The first kappa shape index (κ1) is 20.3. The molecular weight excluding hydrogens is 218 g/mol. The summed E-state index contributed by atoms with van der Waals surface area (Å²) in [6.07, 6.45) is 5.33. The van der Waals surface area contributed by atoms with Gasteiger partial charge in [-0.3, -0.25) is 0 Å². The first-order valence-electron chi connectivity index (χ1n) is 8.18. The minimum atomic E-state index is 0.748. The van der Waals surface area contributed by atoms with Gasteiger partial charge in [0.05, 0.1) is 0 Å². The third-order valence-electron chi connectivity index (χ3n) is 3.25. The van der Waals surface area contributed by atoms with E-state index in [0.717, 1.165) is 17.9 Å². The van der Waals surface area contributed by atoms with Crippen LogP contribution in [-0.4, -0.2) is 24.0 Å². The number of rotatable bonds is 2. The molecule has 1 fully saturated rings. The summed E-state index contributed by atoms with van der Waals surface area (Å²) in [5.74, 6) is 1.87. The Balaban J connectivity index is 0. The SMILES string of the molecule is CC(C)C1CCN(C(C)C)CC1.CCC.CCC. The van der Waals surface area contributed by atoms with Crippen LogP contribution < -0.4 is 0 Å². The van der Waals surface area contributed by atoms with Crippen molar-refractivity contribution in [3.63, 3.8) is 0 Å². The second-order valence-electron chi connectivity index (χ2n) is 6.13. The largest absolute Gasteiger partial charge is 0.301 e. The summed E-state index contributed by atoms with van der Waals surface area (Å²) in [6, 6.07) is 0.748. The number of nitrogens with zero attached hydrogens (tertiary/aromatic N) is 1. The molecule has 0 bridgehead atoms. The highest BCUT2D eigenvalue weighted by molar-refractivity contribution is 4.75. The molecule has 0 N–H and O–H groups in total. The standard InChI is InChI=1S/C11H23N.2C3H8/c1-9(2)11-5-7-12(8-6-11)10(3)4;2*1-3-2/h9-11H,5-8H2,1-4H3;2*3H2,1-2H3. The van der Waals surface area contributed by atoms with Gasteiger partial charge < -0.3 is 4.90 Å². The average Bonchev–Trinajstić information content (AvgIpc) is 2.31. The van der Waals surface area contributed by atoms with E-state index in [2.05, 4.69) is 60.3 Å². The van der Waals surface area contributed by atoms with Gasteiger partial charge in [0, 0.05) is 6.04 Å². The van der Waals surface area contributed by atoms with E-state index in [1.165, 1.54) is 38.8 Å². The van der Waals surface area contributed by atoms with Gasteiger partial charge in [-0.2, -0.15) is 0 Å². The van der Waals surface area contributed by atoms with E-state index in [0.29, 0.717) is 0 Å². The number of hydrogen-bond acceptors (Lipinski definition) is 1. The van der Waals surface area contributed by atoms with E-state index in [1.807, 2.05) is 0 Å². The van der Waals surface area contributed by atoms with Crippen molar-refractivity contribution in [3.8, 4) is 0 Å². The highest BCUT2D eigenvalue weighted by Gasteiger charge is 2.22. The molecular formula is C17H39N. The van der Waals surface area contributed by atoms with Crippen molar-refractivity contribution >= 4 is 0 Å². The van der Waals surface area contributed by atoms with Crippen LogP contribution in [0.25, 0.3) is 0 Å². The van der Waals surface area contributed by atoms with Crippen LogP contribution in [0.2, 0.25) is 0 Å². The lowest BCUT2D eigenvalue weighted by Gasteiger charge is -2.36. The zero-order chi connectivity index (χ0) is 14.6. The normalized spacial score (nSPS) is 17.0. The molecule has 1 aliphatic heterocycles. The van der Waals surface area contributed by atoms with Gasteiger partial charge in [0.2, 0.25) is 0 Å². The van der Waals surface area contributed by atoms with Crippen LogP contribution in [-0.2, 0) is 0 Å². The summed E-state index contributed by atoms with van der Waals surface area (Å²) in [5, 5.41) is 0. The van der Waals surface area contributed by atoms with Gasteiger partial charge in [0.1, 0.15) is 0 Å². The van der Waals surface area contributed by atoms with Crippen molar-refractivity contribution in [3.05, 3.63) is 0 Å². The Kier molecular flexibility index (Phi) is 15.1. The Labute approximate surface area is 117 Å². The third-order valence-corrected chi connectivity index (χ3v) is 3.25. The van der Waals surface area contributed by atoms with Gasteiger partial charge in [-0.05, 0) is 51.6 Å².